The van der Waals surface area contributed by atoms with Gasteiger partial charge < -0.3 is 15.3 Å². The van der Waals surface area contributed by atoms with Crippen molar-refractivity contribution in [2.24, 2.45) is 0 Å². The average Bonchev–Trinajstić information content (AvgIpc) is 2.72. The molecular weight excluding hydrogens is 292 g/mol. The van der Waals surface area contributed by atoms with Crippen molar-refractivity contribution < 1.29 is 9.90 Å². The zero-order valence-corrected chi connectivity index (χ0v) is 13.0. The number of thiocarbonyl (C=S) groups is 1. The maximum absolute atomic E-state index is 11.6. The van der Waals surface area contributed by atoms with Crippen molar-refractivity contribution in [2.75, 3.05) is 18.0 Å². The molecule has 4 nitrogen and oxygen atoms in total. The second kappa shape index (κ2) is 6.28. The molecular formula is C14H16N2O2S2. The number of benzene rings is 1. The Morgan fingerprint density at radius 1 is 1.40 bits per heavy atom. The third kappa shape index (κ3) is 3.13. The summed E-state index contributed by atoms with van der Waals surface area (Å²) in [5.74, 6) is -0.0552. The zero-order chi connectivity index (χ0) is 14.7. The first-order chi connectivity index (χ1) is 9.55. The molecule has 1 heterocycles. The topological polar surface area (TPSA) is 52.6 Å². The Bertz CT molecular complexity index is 581. The maximum atomic E-state index is 11.6. The highest BCUT2D eigenvalue weighted by atomic mass is 32.2. The Hall–Kier alpha value is -1.53. The van der Waals surface area contributed by atoms with E-state index in [1.165, 1.54) is 11.8 Å². The quantitative estimate of drug-likeness (QED) is 0.662. The predicted molar refractivity (Wildman–Crippen MR) is 88.0 cm³/mol. The van der Waals surface area contributed by atoms with E-state index in [1.54, 1.807) is 12.1 Å². The molecule has 2 N–H and O–H groups in total. The van der Waals surface area contributed by atoms with E-state index in [4.69, 9.17) is 12.2 Å². The Labute approximate surface area is 127 Å². The maximum Gasteiger partial charge on any atom is 0.263 e. The number of carbonyl (C=O) groups excluding carboxylic acids is 1. The first-order valence-electron chi connectivity index (χ1n) is 6.38. The smallest absolute Gasteiger partial charge is 0.263 e. The highest BCUT2D eigenvalue weighted by Crippen LogP contribution is 2.31. The summed E-state index contributed by atoms with van der Waals surface area (Å²) < 4.78 is 0.445. The molecule has 106 valence electrons. The lowest BCUT2D eigenvalue weighted by Crippen LogP contribution is -2.21. The van der Waals surface area contributed by atoms with Crippen LogP contribution < -0.4 is 10.2 Å². The predicted octanol–water partition coefficient (Wildman–Crippen LogP) is 2.73. The van der Waals surface area contributed by atoms with Gasteiger partial charge in [-0.25, -0.2) is 0 Å². The van der Waals surface area contributed by atoms with Crippen molar-refractivity contribution in [3.8, 4) is 5.75 Å². The number of hydrogen-bond acceptors (Lipinski definition) is 5. The van der Waals surface area contributed by atoms with Crippen LogP contribution in [0.2, 0.25) is 0 Å². The summed E-state index contributed by atoms with van der Waals surface area (Å²) in [5, 5.41) is 12.7. The molecule has 0 unspecified atom stereocenters. The van der Waals surface area contributed by atoms with E-state index < -0.39 is 0 Å². The Morgan fingerprint density at radius 2 is 2.10 bits per heavy atom. The lowest BCUT2D eigenvalue weighted by molar-refractivity contribution is -0.115. The van der Waals surface area contributed by atoms with E-state index >= 15 is 0 Å². The highest BCUT2D eigenvalue weighted by molar-refractivity contribution is 8.26. The third-order valence-corrected chi connectivity index (χ3v) is 4.23. The molecule has 6 heteroatoms. The van der Waals surface area contributed by atoms with E-state index in [2.05, 4.69) is 24.1 Å². The van der Waals surface area contributed by atoms with E-state index in [-0.39, 0.29) is 11.7 Å². The number of amides is 1. The number of nitrogens with one attached hydrogen (secondary N) is 1. The van der Waals surface area contributed by atoms with Crippen LogP contribution in [-0.4, -0.2) is 28.4 Å². The van der Waals surface area contributed by atoms with Gasteiger partial charge in [-0.1, -0.05) is 24.0 Å². The molecule has 0 atom stereocenters. The normalized spacial score (nSPS) is 16.6. The molecule has 1 saturated heterocycles. The van der Waals surface area contributed by atoms with Crippen LogP contribution in [0.5, 0.6) is 5.75 Å². The van der Waals surface area contributed by atoms with Crippen molar-refractivity contribution in [2.45, 2.75) is 13.8 Å². The van der Waals surface area contributed by atoms with Crippen molar-refractivity contribution in [1.29, 1.82) is 0 Å². The van der Waals surface area contributed by atoms with Gasteiger partial charge in [0.15, 0.2) is 0 Å². The van der Waals surface area contributed by atoms with Gasteiger partial charge in [-0.3, -0.25) is 4.79 Å². The largest absolute Gasteiger partial charge is 0.507 e. The SMILES string of the molecule is CCN(CC)c1ccc(/C=C2/SC(=S)NC2=O)c(O)c1. The fraction of sp³-hybridized carbons (Fsp3) is 0.286. The zero-order valence-electron chi connectivity index (χ0n) is 11.3. The number of nitrogens with zero attached hydrogens (tertiary/aromatic N) is 1. The van der Waals surface area contributed by atoms with Gasteiger partial charge in [-0.05, 0) is 32.1 Å². The second-order valence-electron chi connectivity index (χ2n) is 4.27. The molecule has 1 amide bonds. The molecule has 2 rings (SSSR count). The van der Waals surface area contributed by atoms with Gasteiger partial charge >= 0.3 is 0 Å². The minimum absolute atomic E-state index is 0.160. The van der Waals surface area contributed by atoms with Crippen molar-refractivity contribution in [3.05, 3.63) is 28.7 Å². The average molecular weight is 308 g/mol. The number of hydrogen-bond donors (Lipinski definition) is 2. The summed E-state index contributed by atoms with van der Waals surface area (Å²) in [7, 11) is 0. The van der Waals surface area contributed by atoms with E-state index in [0.717, 1.165) is 18.8 Å². The number of thioether (sulfide) groups is 1. The summed E-state index contributed by atoms with van der Waals surface area (Å²) in [6.07, 6.45) is 1.65. The van der Waals surface area contributed by atoms with Crippen LogP contribution >= 0.6 is 24.0 Å². The summed E-state index contributed by atoms with van der Waals surface area (Å²) in [6.45, 7) is 5.89. The van der Waals surface area contributed by atoms with Crippen LogP contribution in [0.15, 0.2) is 23.1 Å². The molecule has 0 aliphatic carbocycles. The van der Waals surface area contributed by atoms with Crippen molar-refractivity contribution in [1.82, 2.24) is 5.32 Å². The Morgan fingerprint density at radius 3 is 2.60 bits per heavy atom. The van der Waals surface area contributed by atoms with Crippen LogP contribution in [0.3, 0.4) is 0 Å². The first-order valence-corrected chi connectivity index (χ1v) is 7.60. The number of anilines is 1. The molecule has 0 bridgehead atoms. The van der Waals surface area contributed by atoms with Crippen molar-refractivity contribution >= 4 is 46.0 Å². The summed E-state index contributed by atoms with van der Waals surface area (Å²) in [6, 6.07) is 5.47. The van der Waals surface area contributed by atoms with E-state index in [9.17, 15) is 9.90 Å². The number of rotatable bonds is 4. The minimum Gasteiger partial charge on any atom is -0.507 e. The fourth-order valence-corrected chi connectivity index (χ4v) is 3.04. The summed E-state index contributed by atoms with van der Waals surface area (Å²) in [4.78, 5) is 14.2. The lowest BCUT2D eigenvalue weighted by atomic mass is 10.1. The van der Waals surface area contributed by atoms with Crippen LogP contribution in [-0.2, 0) is 4.79 Å². The standard InChI is InChI=1S/C14H16N2O2S2/c1-3-16(4-2)10-6-5-9(11(17)8-10)7-12-13(18)15-14(19)20-12/h5-8,17H,3-4H2,1-2H3,(H,15,18,19)/b12-7+. The lowest BCUT2D eigenvalue weighted by Gasteiger charge is -2.21. The minimum atomic E-state index is -0.216. The van der Waals surface area contributed by atoms with Gasteiger partial charge in [0.25, 0.3) is 5.91 Å². The van der Waals surface area contributed by atoms with Crippen LogP contribution in [0.25, 0.3) is 6.08 Å². The molecule has 0 saturated carbocycles. The number of phenols is 1. The summed E-state index contributed by atoms with van der Waals surface area (Å²) in [5.41, 5.74) is 1.58. The number of phenolic OH excluding ortho intramolecular Hbond substituents is 1. The van der Waals surface area contributed by atoms with Crippen LogP contribution in [0.1, 0.15) is 19.4 Å². The van der Waals surface area contributed by atoms with Gasteiger partial charge in [0, 0.05) is 30.4 Å². The molecule has 1 aromatic carbocycles. The van der Waals surface area contributed by atoms with E-state index in [1.807, 2.05) is 12.1 Å². The molecule has 1 aliphatic rings. The Kier molecular flexibility index (Phi) is 4.67. The molecule has 1 fully saturated rings. The molecule has 0 aromatic heterocycles. The first kappa shape index (κ1) is 14.9. The monoisotopic (exact) mass is 308 g/mol. The summed E-state index contributed by atoms with van der Waals surface area (Å²) >= 11 is 6.14. The van der Waals surface area contributed by atoms with Crippen LogP contribution in [0, 0.1) is 0 Å². The fourth-order valence-electron chi connectivity index (χ4n) is 2.00. The third-order valence-electron chi connectivity index (χ3n) is 3.07. The van der Waals surface area contributed by atoms with Crippen LogP contribution in [0.4, 0.5) is 5.69 Å². The molecule has 1 aliphatic heterocycles. The number of aromatic hydroxyl groups is 1. The number of carbonyl (C=O) groups is 1. The highest BCUT2D eigenvalue weighted by Gasteiger charge is 2.22. The van der Waals surface area contributed by atoms with Gasteiger partial charge in [0.2, 0.25) is 0 Å². The molecule has 1 aromatic rings. The second-order valence-corrected chi connectivity index (χ2v) is 5.99. The Balaban J connectivity index is 2.29. The van der Waals surface area contributed by atoms with Gasteiger partial charge in [-0.15, -0.1) is 0 Å². The van der Waals surface area contributed by atoms with E-state index in [0.29, 0.717) is 14.8 Å². The molecule has 0 spiro atoms. The van der Waals surface area contributed by atoms with Gasteiger partial charge in [-0.2, -0.15) is 0 Å². The van der Waals surface area contributed by atoms with Gasteiger partial charge in [0.05, 0.1) is 4.91 Å². The van der Waals surface area contributed by atoms with Crippen molar-refractivity contribution in [3.63, 3.8) is 0 Å². The molecule has 20 heavy (non-hydrogen) atoms. The van der Waals surface area contributed by atoms with Gasteiger partial charge in [0.1, 0.15) is 10.1 Å². The molecule has 0 radical (unpaired) electrons.